The average molecular weight is 544 g/mol. The summed E-state index contributed by atoms with van der Waals surface area (Å²) in [5, 5.41) is 0. The zero-order chi connectivity index (χ0) is 16.8. The minimum atomic E-state index is -0.129. The van der Waals surface area contributed by atoms with E-state index >= 15 is 0 Å². The molecule has 0 spiro atoms. The SMILES string of the molecule is COc1ccc([I+]c2ccc([I+]c3ccc(OC)cc3)cc2)cc1. The zero-order valence-corrected chi connectivity index (χ0v) is 17.8. The van der Waals surface area contributed by atoms with Crippen molar-refractivity contribution in [2.45, 2.75) is 0 Å². The van der Waals surface area contributed by atoms with Crippen molar-refractivity contribution in [3.8, 4) is 11.5 Å². The van der Waals surface area contributed by atoms with Gasteiger partial charge >= 0.3 is 42.4 Å². The van der Waals surface area contributed by atoms with E-state index in [-0.39, 0.29) is 42.4 Å². The number of halogens is 2. The molecule has 3 aromatic rings. The van der Waals surface area contributed by atoms with Crippen LogP contribution in [0, 0.1) is 14.3 Å². The number of methoxy groups -OCH3 is 2. The molecule has 0 aliphatic rings. The van der Waals surface area contributed by atoms with Gasteiger partial charge in [0.2, 0.25) is 0 Å². The molecule has 2 nitrogen and oxygen atoms in total. The fraction of sp³-hybridized carbons (Fsp3) is 0.100. The molecule has 4 heteroatoms. The molecule has 3 aromatic carbocycles. The van der Waals surface area contributed by atoms with E-state index in [1.165, 1.54) is 14.3 Å². The van der Waals surface area contributed by atoms with Gasteiger partial charge in [-0.15, -0.1) is 0 Å². The maximum Gasteiger partial charge on any atom is 0.357 e. The lowest BCUT2D eigenvalue weighted by Crippen LogP contribution is -3.62. The van der Waals surface area contributed by atoms with Gasteiger partial charge in [-0.2, -0.15) is 0 Å². The first-order valence-electron chi connectivity index (χ1n) is 7.44. The Balaban J connectivity index is 1.63. The molecule has 0 heterocycles. The van der Waals surface area contributed by atoms with E-state index in [9.17, 15) is 0 Å². The topological polar surface area (TPSA) is 18.5 Å². The van der Waals surface area contributed by atoms with Crippen LogP contribution in [0.2, 0.25) is 0 Å². The van der Waals surface area contributed by atoms with E-state index in [4.69, 9.17) is 9.47 Å². The lowest BCUT2D eigenvalue weighted by Gasteiger charge is -1.96. The quantitative estimate of drug-likeness (QED) is 0.334. The third kappa shape index (κ3) is 4.86. The molecule has 122 valence electrons. The molecule has 0 atom stereocenters. The van der Waals surface area contributed by atoms with Crippen molar-refractivity contribution in [2.75, 3.05) is 14.2 Å². The van der Waals surface area contributed by atoms with Crippen molar-refractivity contribution in [3.05, 3.63) is 87.1 Å². The largest absolute Gasteiger partial charge is 0.497 e. The predicted octanol–water partition coefficient (Wildman–Crippen LogP) is -2.04. The van der Waals surface area contributed by atoms with Crippen molar-refractivity contribution < 1.29 is 51.9 Å². The summed E-state index contributed by atoms with van der Waals surface area (Å²) >= 11 is -0.259. The van der Waals surface area contributed by atoms with Crippen LogP contribution < -0.4 is 51.9 Å². The number of rotatable bonds is 6. The lowest BCUT2D eigenvalue weighted by molar-refractivity contribution is -0.603. The van der Waals surface area contributed by atoms with E-state index in [0.29, 0.717) is 0 Å². The first kappa shape index (κ1) is 17.5. The standard InChI is InChI=1S/C20H18I2O2/c1-23-19-11-7-17(8-12-19)21-15-3-5-16(6-4-15)22-18-9-13-20(24-2)14-10-18/h3-14H,1-2H3/q+2. The van der Waals surface area contributed by atoms with Gasteiger partial charge in [-0.1, -0.05) is 0 Å². The molecule has 0 radical (unpaired) electrons. The zero-order valence-electron chi connectivity index (χ0n) is 13.5. The predicted molar refractivity (Wildman–Crippen MR) is 87.2 cm³/mol. The van der Waals surface area contributed by atoms with Crippen LogP contribution in [0.4, 0.5) is 0 Å². The minimum Gasteiger partial charge on any atom is -0.497 e. The third-order valence-electron chi connectivity index (χ3n) is 3.34. The highest BCUT2D eigenvalue weighted by molar-refractivity contribution is 5.21. The summed E-state index contributed by atoms with van der Waals surface area (Å²) in [7, 11) is 3.41. The van der Waals surface area contributed by atoms with Crippen LogP contribution in [0.15, 0.2) is 72.8 Å². The summed E-state index contributed by atoms with van der Waals surface area (Å²) in [6.45, 7) is 0. The molecule has 0 unspecified atom stereocenters. The smallest absolute Gasteiger partial charge is 0.357 e. The van der Waals surface area contributed by atoms with Gasteiger partial charge in [0, 0.05) is 0 Å². The van der Waals surface area contributed by atoms with E-state index in [1.807, 2.05) is 24.3 Å². The highest BCUT2D eigenvalue weighted by atomic mass is 127. The molecule has 0 fully saturated rings. The number of hydrogen-bond acceptors (Lipinski definition) is 2. The molecule has 0 saturated heterocycles. The van der Waals surface area contributed by atoms with Crippen LogP contribution in [0.1, 0.15) is 0 Å². The van der Waals surface area contributed by atoms with Crippen LogP contribution >= 0.6 is 0 Å². The Hall–Kier alpha value is -1.28. The molecule has 0 aliphatic heterocycles. The van der Waals surface area contributed by atoms with Gasteiger partial charge < -0.3 is 9.47 Å². The highest BCUT2D eigenvalue weighted by Gasteiger charge is 2.19. The number of hydrogen-bond donors (Lipinski definition) is 0. The molecule has 0 amide bonds. The van der Waals surface area contributed by atoms with Gasteiger partial charge in [0.15, 0.2) is 14.3 Å². The second kappa shape index (κ2) is 8.71. The van der Waals surface area contributed by atoms with Crippen LogP contribution in [-0.2, 0) is 0 Å². The fourth-order valence-corrected chi connectivity index (χ4v) is 6.39. The van der Waals surface area contributed by atoms with Gasteiger partial charge in [0.05, 0.1) is 14.2 Å². The van der Waals surface area contributed by atoms with E-state index in [0.717, 1.165) is 11.5 Å². The van der Waals surface area contributed by atoms with Crippen LogP contribution in [0.5, 0.6) is 11.5 Å². The third-order valence-corrected chi connectivity index (χ3v) is 8.71. The lowest BCUT2D eigenvalue weighted by atomic mass is 10.3. The molecular formula is C20H18I2O2+2. The Labute approximate surface area is 163 Å². The maximum absolute atomic E-state index is 5.21. The molecular weight excluding hydrogens is 526 g/mol. The normalized spacial score (nSPS) is 10.4. The Morgan fingerprint density at radius 3 is 0.958 bits per heavy atom. The van der Waals surface area contributed by atoms with Gasteiger partial charge in [0.25, 0.3) is 0 Å². The van der Waals surface area contributed by atoms with Crippen molar-refractivity contribution in [3.63, 3.8) is 0 Å². The molecule has 0 aromatic heterocycles. The van der Waals surface area contributed by atoms with Gasteiger partial charge in [-0.05, 0) is 72.8 Å². The molecule has 0 N–H and O–H groups in total. The van der Waals surface area contributed by atoms with Crippen LogP contribution in [0.25, 0.3) is 0 Å². The van der Waals surface area contributed by atoms with E-state index < -0.39 is 0 Å². The summed E-state index contributed by atoms with van der Waals surface area (Å²) in [5.41, 5.74) is 0. The van der Waals surface area contributed by atoms with Crippen molar-refractivity contribution in [1.82, 2.24) is 0 Å². The van der Waals surface area contributed by atoms with Crippen LogP contribution in [0.3, 0.4) is 0 Å². The summed E-state index contributed by atoms with van der Waals surface area (Å²) < 4.78 is 16.1. The Morgan fingerprint density at radius 1 is 0.458 bits per heavy atom. The summed E-state index contributed by atoms with van der Waals surface area (Å²) in [5.74, 6) is 1.84. The summed E-state index contributed by atoms with van der Waals surface area (Å²) in [4.78, 5) is 0. The molecule has 0 bridgehead atoms. The maximum atomic E-state index is 5.21. The second-order valence-electron chi connectivity index (χ2n) is 4.94. The molecule has 0 saturated carbocycles. The van der Waals surface area contributed by atoms with Crippen molar-refractivity contribution in [1.29, 1.82) is 0 Å². The van der Waals surface area contributed by atoms with Gasteiger partial charge in [-0.25, -0.2) is 0 Å². The first-order valence-corrected chi connectivity index (χ1v) is 11.8. The van der Waals surface area contributed by atoms with Crippen LogP contribution in [-0.4, -0.2) is 14.2 Å². The van der Waals surface area contributed by atoms with Gasteiger partial charge in [-0.3, -0.25) is 0 Å². The molecule has 0 aliphatic carbocycles. The Bertz CT molecular complexity index is 698. The minimum absolute atomic E-state index is 0.129. The highest BCUT2D eigenvalue weighted by Crippen LogP contribution is 2.07. The summed E-state index contributed by atoms with van der Waals surface area (Å²) in [6.07, 6.45) is 0. The van der Waals surface area contributed by atoms with E-state index in [2.05, 4.69) is 48.5 Å². The fourth-order valence-electron chi connectivity index (χ4n) is 2.07. The van der Waals surface area contributed by atoms with Crippen molar-refractivity contribution >= 4 is 0 Å². The Kier molecular flexibility index (Phi) is 6.37. The number of ether oxygens (including phenoxy) is 2. The molecule has 24 heavy (non-hydrogen) atoms. The average Bonchev–Trinajstić information content (AvgIpc) is 2.65. The first-order chi connectivity index (χ1) is 11.8. The van der Waals surface area contributed by atoms with Crippen molar-refractivity contribution in [2.24, 2.45) is 0 Å². The number of benzene rings is 3. The molecule has 3 rings (SSSR count). The monoisotopic (exact) mass is 544 g/mol. The van der Waals surface area contributed by atoms with Gasteiger partial charge in [0.1, 0.15) is 11.5 Å². The Morgan fingerprint density at radius 2 is 0.708 bits per heavy atom. The van der Waals surface area contributed by atoms with E-state index in [1.54, 1.807) is 14.2 Å². The second-order valence-corrected chi connectivity index (χ2v) is 11.0. The summed E-state index contributed by atoms with van der Waals surface area (Å²) in [6, 6.07) is 26.0.